The van der Waals surface area contributed by atoms with Crippen molar-refractivity contribution in [3.8, 4) is 0 Å². The summed E-state index contributed by atoms with van der Waals surface area (Å²) in [4.78, 5) is 32.3. The second-order valence-corrected chi connectivity index (χ2v) is 9.85. The number of benzene rings is 4. The zero-order valence-electron chi connectivity index (χ0n) is 19.4. The molecular weight excluding hydrogens is 494 g/mol. The highest BCUT2D eigenvalue weighted by atomic mass is 32.1. The second kappa shape index (κ2) is 8.60. The molecule has 5 aromatic rings. The number of aromatic nitrogens is 1. The van der Waals surface area contributed by atoms with Gasteiger partial charge in [0.15, 0.2) is 10.9 Å². The summed E-state index contributed by atoms with van der Waals surface area (Å²) in [7, 11) is 0. The third-order valence-corrected chi connectivity index (χ3v) is 7.46. The van der Waals surface area contributed by atoms with Gasteiger partial charge in [0.25, 0.3) is 5.78 Å². The Hall–Kier alpha value is -4.43. The predicted molar refractivity (Wildman–Crippen MR) is 139 cm³/mol. The molecule has 0 radical (unpaired) electrons. The van der Waals surface area contributed by atoms with Gasteiger partial charge in [-0.1, -0.05) is 83.6 Å². The van der Waals surface area contributed by atoms with Gasteiger partial charge in [-0.2, -0.15) is 0 Å². The number of hydrogen-bond donors (Lipinski definition) is 1. The SMILES string of the molecule is Cc1cccc(C2/C(=C(\O)c3cccc4ccccc34)C(=O)C(=O)N2c2nc3c(F)cc(F)cc3s2)c1. The molecule has 182 valence electrons. The summed E-state index contributed by atoms with van der Waals surface area (Å²) >= 11 is 0.901. The first-order chi connectivity index (χ1) is 17.8. The molecular formula is C29H18F2N2O3S. The number of halogens is 2. The topological polar surface area (TPSA) is 70.5 Å². The van der Waals surface area contributed by atoms with Crippen LogP contribution in [0.15, 0.2) is 84.4 Å². The van der Waals surface area contributed by atoms with E-state index in [4.69, 9.17) is 0 Å². The number of aliphatic hydroxyl groups excluding tert-OH is 1. The molecule has 4 aromatic carbocycles. The molecule has 37 heavy (non-hydrogen) atoms. The van der Waals surface area contributed by atoms with Crippen LogP contribution in [0.5, 0.6) is 0 Å². The molecule has 6 rings (SSSR count). The van der Waals surface area contributed by atoms with E-state index in [1.54, 1.807) is 24.3 Å². The van der Waals surface area contributed by atoms with Gasteiger partial charge in [-0.05, 0) is 29.3 Å². The normalized spacial score (nSPS) is 17.3. The van der Waals surface area contributed by atoms with E-state index in [0.717, 1.165) is 39.3 Å². The minimum absolute atomic E-state index is 0.0325. The molecule has 1 aliphatic rings. The standard InChI is InChI=1S/C29H18F2N2O3S/c1-15-6-4-9-17(12-15)25-23(26(34)20-11-5-8-16-7-2-3-10-19(16)20)27(35)28(36)33(25)29-32-24-21(31)13-18(30)14-22(24)37-29/h2-14,25,34H,1H3/b26-23+. The molecule has 1 unspecified atom stereocenters. The van der Waals surface area contributed by atoms with E-state index >= 15 is 0 Å². The fourth-order valence-electron chi connectivity index (χ4n) is 4.81. The summed E-state index contributed by atoms with van der Waals surface area (Å²) in [6, 6.07) is 20.8. The first kappa shape index (κ1) is 23.0. The van der Waals surface area contributed by atoms with Gasteiger partial charge in [0.05, 0.1) is 16.3 Å². The summed E-state index contributed by atoms with van der Waals surface area (Å²) in [5.74, 6) is -3.75. The molecule has 5 nitrogen and oxygen atoms in total. The van der Waals surface area contributed by atoms with Crippen molar-refractivity contribution in [1.82, 2.24) is 4.98 Å². The highest BCUT2D eigenvalue weighted by molar-refractivity contribution is 7.22. The average Bonchev–Trinajstić information content (AvgIpc) is 3.42. The van der Waals surface area contributed by atoms with Crippen molar-refractivity contribution >= 4 is 54.9 Å². The number of ketones is 1. The second-order valence-electron chi connectivity index (χ2n) is 8.84. The molecule has 8 heteroatoms. The molecule has 0 saturated carbocycles. The Morgan fingerprint density at radius 1 is 0.973 bits per heavy atom. The molecule has 1 aromatic heterocycles. The van der Waals surface area contributed by atoms with Crippen LogP contribution in [0.1, 0.15) is 22.7 Å². The predicted octanol–water partition coefficient (Wildman–Crippen LogP) is 6.66. The monoisotopic (exact) mass is 512 g/mol. The Balaban J connectivity index is 1.62. The summed E-state index contributed by atoms with van der Waals surface area (Å²) in [5.41, 5.74) is 1.67. The van der Waals surface area contributed by atoms with Crippen molar-refractivity contribution < 1.29 is 23.5 Å². The maximum Gasteiger partial charge on any atom is 0.301 e. The Bertz CT molecular complexity index is 1790. The molecule has 1 aliphatic heterocycles. The Labute approximate surface area is 213 Å². The van der Waals surface area contributed by atoms with Crippen LogP contribution in [-0.2, 0) is 9.59 Å². The van der Waals surface area contributed by atoms with Gasteiger partial charge in [-0.3, -0.25) is 14.5 Å². The number of anilines is 1. The summed E-state index contributed by atoms with van der Waals surface area (Å²) < 4.78 is 28.5. The maximum atomic E-state index is 14.5. The Kier molecular flexibility index (Phi) is 5.35. The smallest absolute Gasteiger partial charge is 0.301 e. The van der Waals surface area contributed by atoms with Gasteiger partial charge in [-0.25, -0.2) is 13.8 Å². The number of fused-ring (bicyclic) bond motifs is 2. The zero-order valence-corrected chi connectivity index (χ0v) is 20.2. The summed E-state index contributed by atoms with van der Waals surface area (Å²) in [6.45, 7) is 1.87. The maximum absolute atomic E-state index is 14.5. The van der Waals surface area contributed by atoms with Gasteiger partial charge in [0.1, 0.15) is 17.1 Å². The molecule has 1 saturated heterocycles. The van der Waals surface area contributed by atoms with Crippen LogP contribution in [0.4, 0.5) is 13.9 Å². The number of aliphatic hydroxyl groups is 1. The first-order valence-corrected chi connectivity index (χ1v) is 12.3. The highest BCUT2D eigenvalue weighted by Crippen LogP contribution is 2.45. The Morgan fingerprint density at radius 3 is 2.54 bits per heavy atom. The van der Waals surface area contributed by atoms with Gasteiger partial charge < -0.3 is 5.11 Å². The number of aryl methyl sites for hydroxylation is 1. The van der Waals surface area contributed by atoms with E-state index in [1.165, 1.54) is 0 Å². The van der Waals surface area contributed by atoms with Crippen LogP contribution in [0.3, 0.4) is 0 Å². The molecule has 0 aliphatic carbocycles. The molecule has 1 N–H and O–H groups in total. The van der Waals surface area contributed by atoms with Crippen molar-refractivity contribution in [2.75, 3.05) is 4.90 Å². The minimum Gasteiger partial charge on any atom is -0.507 e. The van der Waals surface area contributed by atoms with E-state index in [-0.39, 0.29) is 26.7 Å². The lowest BCUT2D eigenvalue weighted by atomic mass is 9.93. The molecule has 1 amide bonds. The van der Waals surface area contributed by atoms with Crippen LogP contribution in [0.25, 0.3) is 26.7 Å². The van der Waals surface area contributed by atoms with Crippen LogP contribution in [0, 0.1) is 18.6 Å². The van der Waals surface area contributed by atoms with E-state index < -0.39 is 29.4 Å². The van der Waals surface area contributed by atoms with E-state index in [0.29, 0.717) is 16.5 Å². The van der Waals surface area contributed by atoms with Gasteiger partial charge in [-0.15, -0.1) is 0 Å². The third-order valence-electron chi connectivity index (χ3n) is 6.46. The van der Waals surface area contributed by atoms with Gasteiger partial charge in [0.2, 0.25) is 0 Å². The zero-order chi connectivity index (χ0) is 25.8. The lowest BCUT2D eigenvalue weighted by Crippen LogP contribution is -2.29. The molecule has 1 fully saturated rings. The number of amides is 1. The average molecular weight is 513 g/mol. The van der Waals surface area contributed by atoms with Gasteiger partial charge in [0, 0.05) is 11.6 Å². The van der Waals surface area contributed by atoms with Gasteiger partial charge >= 0.3 is 5.91 Å². The lowest BCUT2D eigenvalue weighted by Gasteiger charge is -2.23. The number of Topliss-reactive ketones (excluding diaryl/α,β-unsaturated/α-hetero) is 1. The number of carbonyl (C=O) groups excluding carboxylic acids is 2. The number of thiazole rings is 1. The fourth-order valence-corrected chi connectivity index (χ4v) is 5.84. The number of hydrogen-bond acceptors (Lipinski definition) is 5. The lowest BCUT2D eigenvalue weighted by molar-refractivity contribution is -0.132. The van der Waals surface area contributed by atoms with Crippen LogP contribution < -0.4 is 4.90 Å². The van der Waals surface area contributed by atoms with E-state index in [1.807, 2.05) is 49.4 Å². The minimum atomic E-state index is -1.02. The van der Waals surface area contributed by atoms with Crippen molar-refractivity contribution in [1.29, 1.82) is 0 Å². The number of nitrogens with zero attached hydrogens (tertiary/aromatic N) is 2. The van der Waals surface area contributed by atoms with Crippen molar-refractivity contribution in [3.05, 3.63) is 113 Å². The highest BCUT2D eigenvalue weighted by Gasteiger charge is 2.48. The quantitative estimate of drug-likeness (QED) is 0.167. The summed E-state index contributed by atoms with van der Waals surface area (Å²) in [6.07, 6.45) is 0. The molecule has 2 heterocycles. The first-order valence-electron chi connectivity index (χ1n) is 11.4. The van der Waals surface area contributed by atoms with Crippen LogP contribution >= 0.6 is 11.3 Å². The largest absolute Gasteiger partial charge is 0.507 e. The number of rotatable bonds is 3. The van der Waals surface area contributed by atoms with Crippen molar-refractivity contribution in [2.45, 2.75) is 13.0 Å². The fraction of sp³-hybridized carbons (Fsp3) is 0.0690. The molecule has 0 spiro atoms. The van der Waals surface area contributed by atoms with Crippen LogP contribution in [-0.4, -0.2) is 21.8 Å². The van der Waals surface area contributed by atoms with E-state index in [9.17, 15) is 23.5 Å². The Morgan fingerprint density at radius 2 is 1.73 bits per heavy atom. The van der Waals surface area contributed by atoms with Crippen molar-refractivity contribution in [3.63, 3.8) is 0 Å². The van der Waals surface area contributed by atoms with Crippen LogP contribution in [0.2, 0.25) is 0 Å². The summed E-state index contributed by atoms with van der Waals surface area (Å²) in [5, 5.41) is 13.2. The van der Waals surface area contributed by atoms with Crippen molar-refractivity contribution in [2.24, 2.45) is 0 Å². The molecule has 1 atom stereocenters. The molecule has 0 bridgehead atoms. The number of carbonyl (C=O) groups is 2. The third kappa shape index (κ3) is 3.68. The van der Waals surface area contributed by atoms with E-state index in [2.05, 4.69) is 4.98 Å².